The second-order valence-corrected chi connectivity index (χ2v) is 3.94. The van der Waals surface area contributed by atoms with Crippen molar-refractivity contribution < 1.29 is 0 Å². The molecule has 1 N–H and O–H groups in total. The van der Waals surface area contributed by atoms with Gasteiger partial charge in [-0.25, -0.2) is 4.68 Å². The quantitative estimate of drug-likeness (QED) is 0.903. The Hall–Kier alpha value is -1.95. The van der Waals surface area contributed by atoms with Crippen molar-refractivity contribution in [2.24, 2.45) is 0 Å². The van der Waals surface area contributed by atoms with E-state index in [0.29, 0.717) is 18.8 Å². The van der Waals surface area contributed by atoms with Crippen LogP contribution in [0, 0.1) is 0 Å². The highest BCUT2D eigenvalue weighted by Gasteiger charge is 2.08. The van der Waals surface area contributed by atoms with Crippen LogP contribution in [0.3, 0.4) is 0 Å². The zero-order valence-corrected chi connectivity index (χ0v) is 10.6. The van der Waals surface area contributed by atoms with Gasteiger partial charge in [-0.15, -0.1) is 0 Å². The van der Waals surface area contributed by atoms with Crippen molar-refractivity contribution in [3.63, 3.8) is 0 Å². The minimum Gasteiger partial charge on any atom is -0.377 e. The van der Waals surface area contributed by atoms with E-state index in [4.69, 9.17) is 11.6 Å². The fourth-order valence-corrected chi connectivity index (χ4v) is 1.64. The molecule has 0 fully saturated rings. The van der Waals surface area contributed by atoms with Gasteiger partial charge in [-0.3, -0.25) is 4.79 Å². The third-order valence-corrected chi connectivity index (χ3v) is 2.74. The first-order valence-corrected chi connectivity index (χ1v) is 5.86. The van der Waals surface area contributed by atoms with Crippen LogP contribution in [0.1, 0.15) is 12.6 Å². The maximum atomic E-state index is 11.7. The summed E-state index contributed by atoms with van der Waals surface area (Å²) in [6.07, 6.45) is 3.13. The van der Waals surface area contributed by atoms with Gasteiger partial charge in [0.15, 0.2) is 0 Å². The SMILES string of the molecule is CCn1ncc(NCc2cccnn2)c(Cl)c1=O. The van der Waals surface area contributed by atoms with Gasteiger partial charge in [-0.1, -0.05) is 11.6 Å². The molecule has 0 unspecified atom stereocenters. The summed E-state index contributed by atoms with van der Waals surface area (Å²) in [6.45, 7) is 2.76. The molecule has 2 rings (SSSR count). The first kappa shape index (κ1) is 12.5. The van der Waals surface area contributed by atoms with Crippen molar-refractivity contribution in [3.8, 4) is 0 Å². The zero-order chi connectivity index (χ0) is 13.0. The molecule has 0 atom stereocenters. The van der Waals surface area contributed by atoms with Crippen LogP contribution in [0.4, 0.5) is 5.69 Å². The van der Waals surface area contributed by atoms with Crippen molar-refractivity contribution in [3.05, 3.63) is 45.6 Å². The highest BCUT2D eigenvalue weighted by Crippen LogP contribution is 2.15. The van der Waals surface area contributed by atoms with E-state index in [1.165, 1.54) is 10.9 Å². The van der Waals surface area contributed by atoms with Gasteiger partial charge in [0.25, 0.3) is 5.56 Å². The van der Waals surface area contributed by atoms with E-state index in [-0.39, 0.29) is 10.6 Å². The molecule has 0 saturated heterocycles. The van der Waals surface area contributed by atoms with Gasteiger partial charge in [0.1, 0.15) is 5.02 Å². The van der Waals surface area contributed by atoms with E-state index in [1.807, 2.05) is 13.0 Å². The van der Waals surface area contributed by atoms with Crippen LogP contribution >= 0.6 is 11.6 Å². The molecular weight excluding hydrogens is 254 g/mol. The molecule has 2 aromatic heterocycles. The molecular formula is C11H12ClN5O. The van der Waals surface area contributed by atoms with Gasteiger partial charge < -0.3 is 5.32 Å². The van der Waals surface area contributed by atoms with Crippen molar-refractivity contribution in [1.29, 1.82) is 0 Å². The van der Waals surface area contributed by atoms with Crippen LogP contribution < -0.4 is 10.9 Å². The highest BCUT2D eigenvalue weighted by molar-refractivity contribution is 6.32. The molecule has 0 aromatic carbocycles. The Morgan fingerprint density at radius 2 is 2.33 bits per heavy atom. The summed E-state index contributed by atoms with van der Waals surface area (Å²) in [5.41, 5.74) is 0.952. The smallest absolute Gasteiger partial charge is 0.287 e. The van der Waals surface area contributed by atoms with Crippen LogP contribution in [0.15, 0.2) is 29.3 Å². The number of rotatable bonds is 4. The van der Waals surface area contributed by atoms with Crippen LogP contribution in [-0.2, 0) is 13.1 Å². The molecule has 0 spiro atoms. The average molecular weight is 266 g/mol. The van der Waals surface area contributed by atoms with E-state index in [9.17, 15) is 4.79 Å². The van der Waals surface area contributed by atoms with Crippen LogP contribution in [0.25, 0.3) is 0 Å². The molecule has 0 aliphatic heterocycles. The number of hydrogen-bond donors (Lipinski definition) is 1. The van der Waals surface area contributed by atoms with E-state index in [0.717, 1.165) is 5.69 Å². The first-order valence-electron chi connectivity index (χ1n) is 5.48. The van der Waals surface area contributed by atoms with E-state index >= 15 is 0 Å². The fraction of sp³-hybridized carbons (Fsp3) is 0.273. The van der Waals surface area contributed by atoms with Gasteiger partial charge in [-0.2, -0.15) is 15.3 Å². The number of hydrogen-bond acceptors (Lipinski definition) is 5. The van der Waals surface area contributed by atoms with Gasteiger partial charge in [-0.05, 0) is 19.1 Å². The summed E-state index contributed by atoms with van der Waals surface area (Å²) in [7, 11) is 0. The largest absolute Gasteiger partial charge is 0.377 e. The molecule has 0 radical (unpaired) electrons. The van der Waals surface area contributed by atoms with Crippen molar-refractivity contribution in [1.82, 2.24) is 20.0 Å². The number of nitrogens with zero attached hydrogens (tertiary/aromatic N) is 4. The number of aryl methyl sites for hydroxylation is 1. The standard InChI is InChI=1S/C11H12ClN5O/c1-2-17-11(18)10(12)9(7-15-17)13-6-8-4-3-5-14-16-8/h3-5,7,13H,2,6H2,1H3. The molecule has 94 valence electrons. The summed E-state index contributed by atoms with van der Waals surface area (Å²) in [5.74, 6) is 0. The summed E-state index contributed by atoms with van der Waals surface area (Å²) >= 11 is 5.97. The average Bonchev–Trinajstić information content (AvgIpc) is 2.42. The first-order chi connectivity index (χ1) is 8.72. The Morgan fingerprint density at radius 1 is 1.50 bits per heavy atom. The van der Waals surface area contributed by atoms with E-state index < -0.39 is 0 Å². The Bertz CT molecular complexity index is 584. The van der Waals surface area contributed by atoms with Crippen LogP contribution in [-0.4, -0.2) is 20.0 Å². The second-order valence-electron chi connectivity index (χ2n) is 3.56. The highest BCUT2D eigenvalue weighted by atomic mass is 35.5. The Morgan fingerprint density at radius 3 is 3.00 bits per heavy atom. The molecule has 6 nitrogen and oxygen atoms in total. The molecule has 0 aliphatic carbocycles. The monoisotopic (exact) mass is 265 g/mol. The normalized spacial score (nSPS) is 10.3. The molecule has 0 saturated carbocycles. The number of nitrogens with one attached hydrogen (secondary N) is 1. The summed E-state index contributed by atoms with van der Waals surface area (Å²) in [5, 5.41) is 14.8. The Balaban J connectivity index is 2.16. The summed E-state index contributed by atoms with van der Waals surface area (Å²) < 4.78 is 1.30. The van der Waals surface area contributed by atoms with Gasteiger partial charge >= 0.3 is 0 Å². The minimum atomic E-state index is -0.302. The van der Waals surface area contributed by atoms with Crippen molar-refractivity contribution in [2.45, 2.75) is 20.0 Å². The third-order valence-electron chi connectivity index (χ3n) is 2.37. The lowest BCUT2D eigenvalue weighted by Gasteiger charge is -2.08. The van der Waals surface area contributed by atoms with Gasteiger partial charge in [0.05, 0.1) is 24.1 Å². The molecule has 0 bridgehead atoms. The lowest BCUT2D eigenvalue weighted by atomic mass is 10.3. The van der Waals surface area contributed by atoms with E-state index in [1.54, 1.807) is 12.3 Å². The minimum absolute atomic E-state index is 0.135. The Kier molecular flexibility index (Phi) is 3.88. The zero-order valence-electron chi connectivity index (χ0n) is 9.80. The second kappa shape index (κ2) is 5.59. The molecule has 7 heteroatoms. The van der Waals surface area contributed by atoms with Gasteiger partial charge in [0, 0.05) is 12.7 Å². The predicted octanol–water partition coefficient (Wildman–Crippen LogP) is 1.32. The van der Waals surface area contributed by atoms with Crippen molar-refractivity contribution >= 4 is 17.3 Å². The number of anilines is 1. The predicted molar refractivity (Wildman–Crippen MR) is 68.5 cm³/mol. The Labute approximate surface area is 109 Å². The molecule has 0 aliphatic rings. The molecule has 18 heavy (non-hydrogen) atoms. The van der Waals surface area contributed by atoms with Crippen LogP contribution in [0.2, 0.25) is 5.02 Å². The lowest BCUT2D eigenvalue weighted by molar-refractivity contribution is 0.616. The van der Waals surface area contributed by atoms with Crippen molar-refractivity contribution in [2.75, 3.05) is 5.32 Å². The number of halogens is 1. The topological polar surface area (TPSA) is 72.7 Å². The number of aromatic nitrogens is 4. The van der Waals surface area contributed by atoms with Gasteiger partial charge in [0.2, 0.25) is 0 Å². The maximum absolute atomic E-state index is 11.7. The molecule has 2 heterocycles. The summed E-state index contributed by atoms with van der Waals surface area (Å²) in [6, 6.07) is 3.62. The lowest BCUT2D eigenvalue weighted by Crippen LogP contribution is -2.23. The third kappa shape index (κ3) is 2.65. The molecule has 2 aromatic rings. The molecule has 0 amide bonds. The van der Waals surface area contributed by atoms with Crippen LogP contribution in [0.5, 0.6) is 0 Å². The van der Waals surface area contributed by atoms with E-state index in [2.05, 4.69) is 20.6 Å². The fourth-order valence-electron chi connectivity index (χ4n) is 1.43. The summed E-state index contributed by atoms with van der Waals surface area (Å²) in [4.78, 5) is 11.7. The maximum Gasteiger partial charge on any atom is 0.287 e.